The third kappa shape index (κ3) is 1.99. The van der Waals surface area contributed by atoms with Crippen LogP contribution in [-0.4, -0.2) is 24.6 Å². The van der Waals surface area contributed by atoms with Crippen molar-refractivity contribution >= 4 is 33.1 Å². The van der Waals surface area contributed by atoms with Crippen molar-refractivity contribution in [2.24, 2.45) is 0 Å². The first-order valence-electron chi connectivity index (χ1n) is 3.11. The summed E-state index contributed by atoms with van der Waals surface area (Å²) in [5.74, 6) is -0.223. The molecule has 0 spiro atoms. The fourth-order valence-corrected chi connectivity index (χ4v) is 1.71. The maximum absolute atomic E-state index is 11.1. The van der Waals surface area contributed by atoms with Gasteiger partial charge >= 0.3 is 0 Å². The summed E-state index contributed by atoms with van der Waals surface area (Å²) >= 11 is 5.50. The monoisotopic (exact) mass is 222 g/mol. The molecule has 4 N–H and O–H groups in total. The average molecular weight is 223 g/mol. The first-order chi connectivity index (χ1) is 5.82. The number of nitrogen functional groups attached to an aromatic ring is 2. The Bertz CT molecular complexity index is 444. The van der Waals surface area contributed by atoms with Crippen molar-refractivity contribution in [2.75, 3.05) is 17.7 Å². The smallest absolute Gasteiger partial charge is 0.222 e. The van der Waals surface area contributed by atoms with Crippen molar-refractivity contribution in [3.05, 3.63) is 5.15 Å². The van der Waals surface area contributed by atoms with Gasteiger partial charge in [0, 0.05) is 6.26 Å². The van der Waals surface area contributed by atoms with Gasteiger partial charge in [0.1, 0.15) is 5.69 Å². The van der Waals surface area contributed by atoms with E-state index in [1.807, 2.05) is 0 Å². The maximum atomic E-state index is 11.1. The lowest BCUT2D eigenvalue weighted by molar-refractivity contribution is 0.598. The molecular weight excluding hydrogens is 216 g/mol. The van der Waals surface area contributed by atoms with E-state index in [1.165, 1.54) is 0 Å². The van der Waals surface area contributed by atoms with Gasteiger partial charge in [-0.05, 0) is 0 Å². The van der Waals surface area contributed by atoms with Crippen LogP contribution in [0.4, 0.5) is 11.6 Å². The number of nitrogens with two attached hydrogens (primary N) is 2. The molecule has 0 aliphatic rings. The van der Waals surface area contributed by atoms with Crippen LogP contribution in [-0.2, 0) is 9.84 Å². The quantitative estimate of drug-likeness (QED) is 0.631. The van der Waals surface area contributed by atoms with E-state index in [0.29, 0.717) is 0 Å². The van der Waals surface area contributed by atoms with Crippen LogP contribution in [0.3, 0.4) is 0 Å². The number of halogens is 1. The van der Waals surface area contributed by atoms with Crippen LogP contribution in [0.15, 0.2) is 5.03 Å². The molecule has 0 fully saturated rings. The van der Waals surface area contributed by atoms with E-state index >= 15 is 0 Å². The van der Waals surface area contributed by atoms with Gasteiger partial charge in [-0.3, -0.25) is 0 Å². The summed E-state index contributed by atoms with van der Waals surface area (Å²) in [6.07, 6.45) is 0.960. The molecule has 8 heteroatoms. The van der Waals surface area contributed by atoms with E-state index in [2.05, 4.69) is 9.97 Å². The number of hydrogen-bond acceptors (Lipinski definition) is 6. The minimum Gasteiger partial charge on any atom is -0.394 e. The van der Waals surface area contributed by atoms with E-state index < -0.39 is 9.84 Å². The predicted octanol–water partition coefficient (Wildman–Crippen LogP) is -0.302. The molecule has 0 saturated carbocycles. The highest BCUT2D eigenvalue weighted by molar-refractivity contribution is 7.90. The standard InChI is InChI=1S/C5H7ClN4O2S/c1-13(11,12)4-2(7)3(6)9-5(8)10-4/h7H2,1H3,(H2,8,9,10). The summed E-state index contributed by atoms with van der Waals surface area (Å²) in [5.41, 5.74) is 10.4. The minimum absolute atomic E-state index is 0.159. The van der Waals surface area contributed by atoms with E-state index in [-0.39, 0.29) is 21.8 Å². The Morgan fingerprint density at radius 2 is 1.85 bits per heavy atom. The Balaban J connectivity index is 3.56. The zero-order chi connectivity index (χ0) is 10.2. The normalized spacial score (nSPS) is 11.5. The summed E-state index contributed by atoms with van der Waals surface area (Å²) < 4.78 is 22.1. The summed E-state index contributed by atoms with van der Waals surface area (Å²) in [7, 11) is -3.52. The van der Waals surface area contributed by atoms with Crippen molar-refractivity contribution in [3.63, 3.8) is 0 Å². The number of nitrogens with zero attached hydrogens (tertiary/aromatic N) is 2. The van der Waals surface area contributed by atoms with Crippen LogP contribution in [0.2, 0.25) is 5.15 Å². The number of aromatic nitrogens is 2. The molecule has 0 atom stereocenters. The Morgan fingerprint density at radius 3 is 2.31 bits per heavy atom. The Labute approximate surface area is 79.8 Å². The Hall–Kier alpha value is -1.08. The third-order valence-electron chi connectivity index (χ3n) is 1.23. The molecule has 1 aromatic rings. The van der Waals surface area contributed by atoms with Crippen LogP contribution in [0.25, 0.3) is 0 Å². The van der Waals surface area contributed by atoms with Crippen molar-refractivity contribution in [2.45, 2.75) is 5.03 Å². The van der Waals surface area contributed by atoms with Gasteiger partial charge in [-0.25, -0.2) is 8.42 Å². The van der Waals surface area contributed by atoms with Crippen molar-refractivity contribution < 1.29 is 8.42 Å². The molecule has 1 aromatic heterocycles. The summed E-state index contributed by atoms with van der Waals surface area (Å²) in [6.45, 7) is 0. The highest BCUT2D eigenvalue weighted by Crippen LogP contribution is 2.23. The van der Waals surface area contributed by atoms with Gasteiger partial charge < -0.3 is 11.5 Å². The summed E-state index contributed by atoms with van der Waals surface area (Å²) in [4.78, 5) is 6.96. The minimum atomic E-state index is -3.52. The van der Waals surface area contributed by atoms with Crippen molar-refractivity contribution in [1.82, 2.24) is 9.97 Å². The lowest BCUT2D eigenvalue weighted by Crippen LogP contribution is -2.09. The number of anilines is 2. The van der Waals surface area contributed by atoms with Gasteiger partial charge in [-0.15, -0.1) is 0 Å². The first kappa shape index (κ1) is 10.0. The molecular formula is C5H7ClN4O2S. The molecule has 0 aliphatic carbocycles. The topological polar surface area (TPSA) is 112 Å². The van der Waals surface area contributed by atoms with Crippen LogP contribution < -0.4 is 11.5 Å². The molecule has 0 bridgehead atoms. The average Bonchev–Trinajstić information content (AvgIpc) is 1.94. The molecule has 0 amide bonds. The van der Waals surface area contributed by atoms with Gasteiger partial charge in [-0.1, -0.05) is 11.6 Å². The maximum Gasteiger partial charge on any atom is 0.222 e. The lowest BCUT2D eigenvalue weighted by Gasteiger charge is -2.03. The molecule has 72 valence electrons. The summed E-state index contributed by atoms with van der Waals surface area (Å²) in [6, 6.07) is 0. The second kappa shape index (κ2) is 3.00. The van der Waals surface area contributed by atoms with Gasteiger partial charge in [0.2, 0.25) is 5.95 Å². The molecule has 6 nitrogen and oxygen atoms in total. The van der Waals surface area contributed by atoms with E-state index in [4.69, 9.17) is 23.1 Å². The molecule has 13 heavy (non-hydrogen) atoms. The first-order valence-corrected chi connectivity index (χ1v) is 5.38. The molecule has 0 saturated heterocycles. The number of sulfone groups is 1. The predicted molar refractivity (Wildman–Crippen MR) is 49.0 cm³/mol. The summed E-state index contributed by atoms with van der Waals surface area (Å²) in [5, 5.41) is -0.502. The second-order valence-corrected chi connectivity index (χ2v) is 4.65. The van der Waals surface area contributed by atoms with Gasteiger partial charge in [0.25, 0.3) is 0 Å². The Morgan fingerprint density at radius 1 is 1.31 bits per heavy atom. The third-order valence-corrected chi connectivity index (χ3v) is 2.53. The van der Waals surface area contributed by atoms with E-state index in [9.17, 15) is 8.42 Å². The van der Waals surface area contributed by atoms with Crippen molar-refractivity contribution in [3.8, 4) is 0 Å². The second-order valence-electron chi connectivity index (χ2n) is 2.36. The van der Waals surface area contributed by atoms with Crippen molar-refractivity contribution in [1.29, 1.82) is 0 Å². The Kier molecular flexibility index (Phi) is 2.31. The molecule has 0 unspecified atom stereocenters. The molecule has 0 aromatic carbocycles. The highest BCUT2D eigenvalue weighted by Gasteiger charge is 2.17. The zero-order valence-electron chi connectivity index (χ0n) is 6.65. The van der Waals surface area contributed by atoms with Gasteiger partial charge in [-0.2, -0.15) is 9.97 Å². The molecule has 0 radical (unpaired) electrons. The molecule has 1 heterocycles. The molecule has 1 rings (SSSR count). The fraction of sp³-hybridized carbons (Fsp3) is 0.200. The lowest BCUT2D eigenvalue weighted by atomic mass is 10.5. The van der Waals surface area contributed by atoms with Gasteiger partial charge in [0.15, 0.2) is 20.0 Å². The van der Waals surface area contributed by atoms with Crippen LogP contribution >= 0.6 is 11.6 Å². The number of rotatable bonds is 1. The van der Waals surface area contributed by atoms with E-state index in [0.717, 1.165) is 6.26 Å². The largest absolute Gasteiger partial charge is 0.394 e. The highest BCUT2D eigenvalue weighted by atomic mass is 35.5. The number of hydrogen-bond donors (Lipinski definition) is 2. The van der Waals surface area contributed by atoms with Crippen LogP contribution in [0.5, 0.6) is 0 Å². The van der Waals surface area contributed by atoms with Gasteiger partial charge in [0.05, 0.1) is 0 Å². The van der Waals surface area contributed by atoms with Crippen LogP contribution in [0, 0.1) is 0 Å². The molecule has 0 aliphatic heterocycles. The fourth-order valence-electron chi connectivity index (χ4n) is 0.721. The SMILES string of the molecule is CS(=O)(=O)c1nc(N)nc(Cl)c1N. The zero-order valence-corrected chi connectivity index (χ0v) is 8.22. The van der Waals surface area contributed by atoms with E-state index in [1.54, 1.807) is 0 Å². The van der Waals surface area contributed by atoms with Crippen LogP contribution in [0.1, 0.15) is 0 Å².